The van der Waals surface area contributed by atoms with E-state index in [9.17, 15) is 13.2 Å². The number of aryl methyl sites for hydroxylation is 1. The third kappa shape index (κ3) is 5.35. The molecule has 1 amide bonds. The number of carbonyl (C=O) groups excluding carboxylic acids is 1. The number of para-hydroxylation sites is 1. The molecule has 1 heterocycles. The first-order valence-electron chi connectivity index (χ1n) is 12.1. The van der Waals surface area contributed by atoms with Crippen LogP contribution in [0.4, 0.5) is 5.69 Å². The summed E-state index contributed by atoms with van der Waals surface area (Å²) in [6.45, 7) is 2.59. The number of nitrogens with one attached hydrogen (secondary N) is 1. The minimum atomic E-state index is -3.96. The number of amides is 1. The molecular formula is C29H25BrClN3O3S. The molecule has 0 saturated heterocycles. The number of nitrogens with zero attached hydrogens (tertiary/aromatic N) is 2. The third-order valence-electron chi connectivity index (χ3n) is 6.42. The summed E-state index contributed by atoms with van der Waals surface area (Å²) in [4.78, 5) is 13.3. The lowest BCUT2D eigenvalue weighted by Gasteiger charge is -2.22. The Morgan fingerprint density at radius 2 is 1.61 bits per heavy atom. The van der Waals surface area contributed by atoms with Crippen molar-refractivity contribution in [2.45, 2.75) is 24.9 Å². The zero-order chi connectivity index (χ0) is 26.9. The lowest BCUT2D eigenvalue weighted by molar-refractivity contribution is -0.116. The van der Waals surface area contributed by atoms with Crippen LogP contribution in [0, 0.1) is 0 Å². The average molecular weight is 611 g/mol. The minimum absolute atomic E-state index is 0.0199. The van der Waals surface area contributed by atoms with Crippen molar-refractivity contribution >= 4 is 71.0 Å². The highest BCUT2D eigenvalue weighted by atomic mass is 79.9. The Bertz CT molecular complexity index is 1730. The molecule has 1 aromatic heterocycles. The molecule has 194 valence electrons. The predicted molar refractivity (Wildman–Crippen MR) is 157 cm³/mol. The van der Waals surface area contributed by atoms with Crippen molar-refractivity contribution in [3.63, 3.8) is 0 Å². The number of halogens is 2. The molecule has 0 spiro atoms. The van der Waals surface area contributed by atoms with Crippen molar-refractivity contribution in [3.05, 3.63) is 106 Å². The first kappa shape index (κ1) is 26.4. The Balaban J connectivity index is 1.44. The molecule has 0 aliphatic heterocycles. The first-order valence-corrected chi connectivity index (χ1v) is 14.7. The maximum atomic E-state index is 13.6. The van der Waals surface area contributed by atoms with E-state index in [1.165, 1.54) is 16.4 Å². The topological polar surface area (TPSA) is 71.4 Å². The van der Waals surface area contributed by atoms with Crippen LogP contribution in [-0.2, 0) is 27.9 Å². The molecule has 0 saturated carbocycles. The van der Waals surface area contributed by atoms with Crippen molar-refractivity contribution in [1.29, 1.82) is 0 Å². The SMILES string of the molecule is CCn1c2ccccc2c2cc(NC(=O)CN(Cc3ccc(Cl)cc3)S(=O)(=O)c3ccc(Br)cc3)ccc21. The number of aromatic nitrogens is 1. The number of fused-ring (bicyclic) bond motifs is 3. The Morgan fingerprint density at radius 1 is 0.921 bits per heavy atom. The number of benzene rings is 4. The van der Waals surface area contributed by atoms with Crippen LogP contribution in [0.15, 0.2) is 100 Å². The second kappa shape index (κ2) is 10.9. The van der Waals surface area contributed by atoms with E-state index in [1.54, 1.807) is 36.4 Å². The summed E-state index contributed by atoms with van der Waals surface area (Å²) in [6.07, 6.45) is 0. The van der Waals surface area contributed by atoms with Gasteiger partial charge in [0.25, 0.3) is 0 Å². The second-order valence-corrected chi connectivity index (χ2v) is 12.2. The zero-order valence-corrected chi connectivity index (χ0v) is 23.7. The van der Waals surface area contributed by atoms with E-state index in [-0.39, 0.29) is 18.0 Å². The van der Waals surface area contributed by atoms with Crippen molar-refractivity contribution in [2.24, 2.45) is 0 Å². The van der Waals surface area contributed by atoms with Gasteiger partial charge in [-0.25, -0.2) is 8.42 Å². The van der Waals surface area contributed by atoms with Crippen molar-refractivity contribution in [2.75, 3.05) is 11.9 Å². The van der Waals surface area contributed by atoms with Gasteiger partial charge in [0, 0.05) is 50.1 Å². The molecule has 0 unspecified atom stereocenters. The minimum Gasteiger partial charge on any atom is -0.341 e. The van der Waals surface area contributed by atoms with Crippen LogP contribution < -0.4 is 5.32 Å². The largest absolute Gasteiger partial charge is 0.341 e. The molecule has 4 aromatic carbocycles. The maximum absolute atomic E-state index is 13.6. The molecule has 0 radical (unpaired) electrons. The lowest BCUT2D eigenvalue weighted by Crippen LogP contribution is -2.37. The van der Waals surface area contributed by atoms with E-state index < -0.39 is 15.9 Å². The molecule has 9 heteroatoms. The van der Waals surface area contributed by atoms with E-state index in [2.05, 4.69) is 44.9 Å². The van der Waals surface area contributed by atoms with Gasteiger partial charge < -0.3 is 9.88 Å². The highest BCUT2D eigenvalue weighted by Gasteiger charge is 2.27. The van der Waals surface area contributed by atoms with E-state index >= 15 is 0 Å². The van der Waals surface area contributed by atoms with Gasteiger partial charge in [-0.05, 0) is 73.2 Å². The van der Waals surface area contributed by atoms with Gasteiger partial charge in [-0.1, -0.05) is 57.9 Å². The van der Waals surface area contributed by atoms with Gasteiger partial charge in [-0.2, -0.15) is 4.31 Å². The van der Waals surface area contributed by atoms with Gasteiger partial charge in [0.05, 0.1) is 11.4 Å². The molecule has 0 fully saturated rings. The summed E-state index contributed by atoms with van der Waals surface area (Å²) in [5, 5.41) is 5.58. The fourth-order valence-electron chi connectivity index (χ4n) is 4.61. The molecule has 5 aromatic rings. The molecule has 0 aliphatic rings. The van der Waals surface area contributed by atoms with Crippen LogP contribution >= 0.6 is 27.5 Å². The third-order valence-corrected chi connectivity index (χ3v) is 9.00. The van der Waals surface area contributed by atoms with Crippen molar-refractivity contribution < 1.29 is 13.2 Å². The van der Waals surface area contributed by atoms with E-state index in [4.69, 9.17) is 11.6 Å². The van der Waals surface area contributed by atoms with E-state index in [1.807, 2.05) is 30.3 Å². The number of carbonyl (C=O) groups is 1. The molecule has 5 rings (SSSR count). The van der Waals surface area contributed by atoms with Gasteiger partial charge in [-0.3, -0.25) is 4.79 Å². The van der Waals surface area contributed by atoms with Gasteiger partial charge in [0.2, 0.25) is 15.9 Å². The summed E-state index contributed by atoms with van der Waals surface area (Å²) in [5.41, 5.74) is 3.53. The van der Waals surface area contributed by atoms with E-state index in [0.717, 1.165) is 38.4 Å². The number of hydrogen-bond acceptors (Lipinski definition) is 3. The fraction of sp³-hybridized carbons (Fsp3) is 0.138. The van der Waals surface area contributed by atoms with Crippen LogP contribution in [0.2, 0.25) is 5.02 Å². The predicted octanol–water partition coefficient (Wildman–Crippen LogP) is 7.06. The van der Waals surface area contributed by atoms with Gasteiger partial charge >= 0.3 is 0 Å². The van der Waals surface area contributed by atoms with Crippen LogP contribution in [0.3, 0.4) is 0 Å². The highest BCUT2D eigenvalue weighted by Crippen LogP contribution is 2.31. The van der Waals surface area contributed by atoms with Gasteiger partial charge in [0.1, 0.15) is 0 Å². The first-order chi connectivity index (χ1) is 18.3. The Morgan fingerprint density at radius 3 is 2.32 bits per heavy atom. The molecular weight excluding hydrogens is 586 g/mol. The smallest absolute Gasteiger partial charge is 0.243 e. The molecule has 0 aliphatic carbocycles. The van der Waals surface area contributed by atoms with Crippen molar-refractivity contribution in [3.8, 4) is 0 Å². The lowest BCUT2D eigenvalue weighted by atomic mass is 10.1. The summed E-state index contributed by atoms with van der Waals surface area (Å²) >= 11 is 9.35. The number of hydrogen-bond donors (Lipinski definition) is 1. The summed E-state index contributed by atoms with van der Waals surface area (Å²) < 4.78 is 31.3. The monoisotopic (exact) mass is 609 g/mol. The Labute approximate surface area is 235 Å². The second-order valence-electron chi connectivity index (χ2n) is 8.89. The molecule has 1 N–H and O–H groups in total. The van der Waals surface area contributed by atoms with Crippen LogP contribution in [0.25, 0.3) is 21.8 Å². The fourth-order valence-corrected chi connectivity index (χ4v) is 6.38. The standard InChI is InChI=1S/C29H25BrClN3O3S/c1-2-34-27-6-4-3-5-25(27)26-17-23(13-16-28(26)34)32-29(35)19-33(18-20-7-11-22(31)12-8-20)38(36,37)24-14-9-21(30)10-15-24/h3-17H,2,18-19H2,1H3,(H,32,35). The van der Waals surface area contributed by atoms with Crippen LogP contribution in [-0.4, -0.2) is 29.7 Å². The van der Waals surface area contributed by atoms with Crippen LogP contribution in [0.5, 0.6) is 0 Å². The molecule has 6 nitrogen and oxygen atoms in total. The number of rotatable bonds is 8. The van der Waals surface area contributed by atoms with Crippen LogP contribution in [0.1, 0.15) is 12.5 Å². The summed E-state index contributed by atoms with van der Waals surface area (Å²) in [5.74, 6) is -0.432. The summed E-state index contributed by atoms with van der Waals surface area (Å²) in [7, 11) is -3.96. The van der Waals surface area contributed by atoms with Crippen molar-refractivity contribution in [1.82, 2.24) is 8.87 Å². The summed E-state index contributed by atoms with van der Waals surface area (Å²) in [6, 6.07) is 27.2. The number of sulfonamides is 1. The normalized spacial score (nSPS) is 11.9. The Kier molecular flexibility index (Phi) is 7.59. The van der Waals surface area contributed by atoms with Gasteiger partial charge in [-0.15, -0.1) is 0 Å². The number of anilines is 1. The van der Waals surface area contributed by atoms with E-state index in [0.29, 0.717) is 10.7 Å². The maximum Gasteiger partial charge on any atom is 0.243 e. The quantitative estimate of drug-likeness (QED) is 0.204. The highest BCUT2D eigenvalue weighted by molar-refractivity contribution is 9.10. The average Bonchev–Trinajstić information content (AvgIpc) is 3.22. The molecule has 0 atom stereocenters. The zero-order valence-electron chi connectivity index (χ0n) is 20.6. The molecule has 38 heavy (non-hydrogen) atoms. The Hall–Kier alpha value is -3.17. The van der Waals surface area contributed by atoms with Gasteiger partial charge in [0.15, 0.2) is 0 Å². The molecule has 0 bridgehead atoms.